The van der Waals surface area contributed by atoms with Crippen LogP contribution in [0.15, 0.2) is 77.7 Å². The molecular formula is C19H14F3NO2S. The highest BCUT2D eigenvalue weighted by Gasteiger charge is 2.26. The van der Waals surface area contributed by atoms with Crippen molar-refractivity contribution in [1.82, 2.24) is 0 Å². The van der Waals surface area contributed by atoms with Gasteiger partial charge in [0.2, 0.25) is 0 Å². The number of halogens is 3. The third-order valence-corrected chi connectivity index (χ3v) is 5.58. The molecule has 0 aliphatic heterocycles. The number of rotatable bonds is 5. The molecule has 0 aromatic heterocycles. The molecule has 3 aromatic rings. The third kappa shape index (κ3) is 3.72. The Morgan fingerprint density at radius 3 is 1.85 bits per heavy atom. The molecule has 0 bridgehead atoms. The van der Waals surface area contributed by atoms with E-state index in [1.54, 1.807) is 6.07 Å². The van der Waals surface area contributed by atoms with Crippen molar-refractivity contribution in [1.29, 1.82) is 0 Å². The second kappa shape index (κ2) is 7.21. The normalized spacial score (nSPS) is 11.3. The van der Waals surface area contributed by atoms with Crippen LogP contribution < -0.4 is 4.31 Å². The van der Waals surface area contributed by atoms with E-state index in [0.717, 1.165) is 40.7 Å². The summed E-state index contributed by atoms with van der Waals surface area (Å²) in [5.74, 6) is -1.67. The molecule has 134 valence electrons. The first-order chi connectivity index (χ1) is 12.4. The topological polar surface area (TPSA) is 37.4 Å². The fourth-order valence-corrected chi connectivity index (χ4v) is 3.88. The molecule has 0 saturated carbocycles. The van der Waals surface area contributed by atoms with Crippen LogP contribution in [0.1, 0.15) is 5.56 Å². The molecule has 0 amide bonds. The van der Waals surface area contributed by atoms with Crippen molar-refractivity contribution < 1.29 is 21.6 Å². The van der Waals surface area contributed by atoms with Crippen LogP contribution in [0.5, 0.6) is 0 Å². The van der Waals surface area contributed by atoms with Gasteiger partial charge in [0.1, 0.15) is 17.5 Å². The molecule has 0 aliphatic carbocycles. The van der Waals surface area contributed by atoms with Crippen molar-refractivity contribution in [2.75, 3.05) is 4.31 Å². The van der Waals surface area contributed by atoms with E-state index in [1.807, 2.05) is 0 Å². The average molecular weight is 377 g/mol. The van der Waals surface area contributed by atoms with Crippen LogP contribution in [0.3, 0.4) is 0 Å². The van der Waals surface area contributed by atoms with E-state index in [4.69, 9.17) is 0 Å². The van der Waals surface area contributed by atoms with Crippen LogP contribution in [0, 0.1) is 17.5 Å². The minimum Gasteiger partial charge on any atom is -0.262 e. The van der Waals surface area contributed by atoms with E-state index in [1.165, 1.54) is 30.3 Å². The monoisotopic (exact) mass is 377 g/mol. The van der Waals surface area contributed by atoms with E-state index < -0.39 is 27.5 Å². The number of anilines is 1. The molecule has 0 unspecified atom stereocenters. The SMILES string of the molecule is O=S(=O)(c1ccc(F)cc1)N(Cc1ccccc1F)c1ccc(F)cc1. The Morgan fingerprint density at radius 1 is 0.731 bits per heavy atom. The van der Waals surface area contributed by atoms with Crippen LogP contribution in [0.2, 0.25) is 0 Å². The highest BCUT2D eigenvalue weighted by atomic mass is 32.2. The standard InChI is InChI=1S/C19H14F3NO2S/c20-15-5-9-17(10-6-15)23(13-14-3-1-2-4-19(14)22)26(24,25)18-11-7-16(21)8-12-18/h1-12H,13H2. The van der Waals surface area contributed by atoms with E-state index in [2.05, 4.69) is 0 Å². The van der Waals surface area contributed by atoms with Gasteiger partial charge in [-0.05, 0) is 54.6 Å². The van der Waals surface area contributed by atoms with Gasteiger partial charge in [-0.3, -0.25) is 4.31 Å². The van der Waals surface area contributed by atoms with Crippen LogP contribution in [-0.4, -0.2) is 8.42 Å². The molecule has 3 nitrogen and oxygen atoms in total. The molecule has 26 heavy (non-hydrogen) atoms. The van der Waals surface area contributed by atoms with Crippen LogP contribution in [-0.2, 0) is 16.6 Å². The molecule has 0 spiro atoms. The molecule has 0 heterocycles. The quantitative estimate of drug-likeness (QED) is 0.657. The Morgan fingerprint density at radius 2 is 1.27 bits per heavy atom. The lowest BCUT2D eigenvalue weighted by Gasteiger charge is -2.25. The summed E-state index contributed by atoms with van der Waals surface area (Å²) in [6.45, 7) is -0.294. The Bertz CT molecular complexity index is 1000. The maximum Gasteiger partial charge on any atom is 0.264 e. The smallest absolute Gasteiger partial charge is 0.262 e. The van der Waals surface area contributed by atoms with Gasteiger partial charge in [-0.1, -0.05) is 18.2 Å². The van der Waals surface area contributed by atoms with Gasteiger partial charge in [-0.15, -0.1) is 0 Å². The summed E-state index contributed by atoms with van der Waals surface area (Å²) < 4.78 is 67.4. The maximum atomic E-state index is 14.0. The molecule has 0 saturated heterocycles. The van der Waals surface area contributed by atoms with Crippen molar-refractivity contribution in [2.45, 2.75) is 11.4 Å². The second-order valence-corrected chi connectivity index (χ2v) is 7.40. The second-order valence-electron chi connectivity index (χ2n) is 5.53. The zero-order valence-electron chi connectivity index (χ0n) is 13.4. The largest absolute Gasteiger partial charge is 0.264 e. The van der Waals surface area contributed by atoms with E-state index in [9.17, 15) is 21.6 Å². The first-order valence-corrected chi connectivity index (χ1v) is 9.09. The lowest BCUT2D eigenvalue weighted by atomic mass is 10.2. The van der Waals surface area contributed by atoms with Gasteiger partial charge in [0.25, 0.3) is 10.0 Å². The molecule has 0 N–H and O–H groups in total. The molecule has 3 rings (SSSR count). The van der Waals surface area contributed by atoms with E-state index in [0.29, 0.717) is 0 Å². The van der Waals surface area contributed by atoms with Crippen molar-refractivity contribution in [3.63, 3.8) is 0 Å². The van der Waals surface area contributed by atoms with Crippen molar-refractivity contribution in [2.24, 2.45) is 0 Å². The number of hydrogen-bond donors (Lipinski definition) is 0. The maximum absolute atomic E-state index is 14.0. The summed E-state index contributed by atoms with van der Waals surface area (Å²) in [7, 11) is -4.12. The fraction of sp³-hybridized carbons (Fsp3) is 0.0526. The predicted octanol–water partition coefficient (Wildman–Crippen LogP) is 4.50. The van der Waals surface area contributed by atoms with Crippen molar-refractivity contribution in [3.8, 4) is 0 Å². The minimum atomic E-state index is -4.12. The van der Waals surface area contributed by atoms with Gasteiger partial charge in [-0.25, -0.2) is 21.6 Å². The van der Waals surface area contributed by atoms with Crippen LogP contribution in [0.4, 0.5) is 18.9 Å². The lowest BCUT2D eigenvalue weighted by molar-refractivity contribution is 0.584. The molecule has 0 radical (unpaired) electrons. The van der Waals surface area contributed by atoms with Gasteiger partial charge in [-0.2, -0.15) is 0 Å². The van der Waals surface area contributed by atoms with E-state index in [-0.39, 0.29) is 22.7 Å². The summed E-state index contributed by atoms with van der Waals surface area (Å²) in [4.78, 5) is -0.153. The summed E-state index contributed by atoms with van der Waals surface area (Å²) in [5, 5.41) is 0. The Labute approximate surface area is 149 Å². The molecule has 3 aromatic carbocycles. The number of benzene rings is 3. The van der Waals surface area contributed by atoms with Crippen molar-refractivity contribution >= 4 is 15.7 Å². The minimum absolute atomic E-state index is 0.153. The van der Waals surface area contributed by atoms with Gasteiger partial charge < -0.3 is 0 Å². The predicted molar refractivity (Wildman–Crippen MR) is 92.6 cm³/mol. The highest BCUT2D eigenvalue weighted by molar-refractivity contribution is 7.92. The first-order valence-electron chi connectivity index (χ1n) is 7.65. The number of sulfonamides is 1. The Kier molecular flexibility index (Phi) is 4.99. The third-order valence-electron chi connectivity index (χ3n) is 3.79. The summed E-state index contributed by atoms with van der Waals surface area (Å²) in [5.41, 5.74) is 0.321. The van der Waals surface area contributed by atoms with Crippen molar-refractivity contribution in [3.05, 3.63) is 95.8 Å². The molecule has 0 fully saturated rings. The Balaban J connectivity index is 2.09. The molecule has 0 atom stereocenters. The van der Waals surface area contributed by atoms with Gasteiger partial charge >= 0.3 is 0 Å². The fourth-order valence-electron chi connectivity index (χ4n) is 2.44. The number of hydrogen-bond acceptors (Lipinski definition) is 2. The van der Waals surface area contributed by atoms with Gasteiger partial charge in [0.05, 0.1) is 17.1 Å². The van der Waals surface area contributed by atoms with Crippen LogP contribution >= 0.6 is 0 Å². The first kappa shape index (κ1) is 18.0. The van der Waals surface area contributed by atoms with Crippen LogP contribution in [0.25, 0.3) is 0 Å². The van der Waals surface area contributed by atoms with E-state index >= 15 is 0 Å². The summed E-state index contributed by atoms with van der Waals surface area (Å²) in [6.07, 6.45) is 0. The Hall–Kier alpha value is -2.80. The molecule has 0 aliphatic rings. The number of nitrogens with zero attached hydrogens (tertiary/aromatic N) is 1. The molecule has 7 heteroatoms. The summed E-state index contributed by atoms with van der Waals surface area (Å²) in [6, 6.07) is 14.9. The summed E-state index contributed by atoms with van der Waals surface area (Å²) >= 11 is 0. The zero-order chi connectivity index (χ0) is 18.7. The highest BCUT2D eigenvalue weighted by Crippen LogP contribution is 2.27. The van der Waals surface area contributed by atoms with Gasteiger partial charge in [0, 0.05) is 5.56 Å². The zero-order valence-corrected chi connectivity index (χ0v) is 14.3. The van der Waals surface area contributed by atoms with Gasteiger partial charge in [0.15, 0.2) is 0 Å². The lowest BCUT2D eigenvalue weighted by Crippen LogP contribution is -2.31. The average Bonchev–Trinajstić information content (AvgIpc) is 2.62. The molecular weight excluding hydrogens is 363 g/mol.